The van der Waals surface area contributed by atoms with Crippen LogP contribution in [0.1, 0.15) is 5.56 Å². The van der Waals surface area contributed by atoms with Gasteiger partial charge in [-0.25, -0.2) is 4.98 Å². The number of hydrogen-bond acceptors (Lipinski definition) is 2. The van der Waals surface area contributed by atoms with Crippen LogP contribution in [-0.2, 0) is 0 Å². The Morgan fingerprint density at radius 1 is 0.613 bits per heavy atom. The smallest absolute Gasteiger partial charge is 0.138 e. The molecule has 0 bridgehead atoms. The monoisotopic (exact) mass is 395 g/mol. The predicted molar refractivity (Wildman–Crippen MR) is 125 cm³/mol. The standard InChI is InChI=1S/C28H17N3/c29-18-19-14-16-22(17-15-19)27-28-26(21-10-5-2-6-11-21)25(20-8-3-1-4-9-20)23-12-7-13-24(30-27)31(23)28/h1-17H. The molecular weight excluding hydrogens is 378 g/mol. The van der Waals surface area contributed by atoms with Crippen LogP contribution in [0.2, 0.25) is 0 Å². The summed E-state index contributed by atoms with van der Waals surface area (Å²) >= 11 is 0. The molecule has 0 N–H and O–H groups in total. The highest BCUT2D eigenvalue weighted by molar-refractivity contribution is 6.09. The highest BCUT2D eigenvalue weighted by Crippen LogP contribution is 2.45. The minimum atomic E-state index is 0.647. The van der Waals surface area contributed by atoms with Crippen LogP contribution in [0.5, 0.6) is 0 Å². The van der Waals surface area contributed by atoms with Crippen LogP contribution in [0, 0.1) is 11.3 Å². The minimum Gasteiger partial charge on any atom is -0.291 e. The van der Waals surface area contributed by atoms with Gasteiger partial charge in [0.25, 0.3) is 0 Å². The highest BCUT2D eigenvalue weighted by atomic mass is 15.0. The fraction of sp³-hybridized carbons (Fsp3) is 0. The Balaban J connectivity index is 1.78. The van der Waals surface area contributed by atoms with Crippen molar-refractivity contribution in [1.29, 1.82) is 5.26 Å². The van der Waals surface area contributed by atoms with E-state index in [4.69, 9.17) is 4.98 Å². The van der Waals surface area contributed by atoms with Gasteiger partial charge < -0.3 is 0 Å². The molecule has 144 valence electrons. The van der Waals surface area contributed by atoms with Crippen LogP contribution in [-0.4, -0.2) is 9.38 Å². The van der Waals surface area contributed by atoms with E-state index in [0.717, 1.165) is 33.5 Å². The third kappa shape index (κ3) is 2.63. The van der Waals surface area contributed by atoms with E-state index in [-0.39, 0.29) is 0 Å². The molecule has 0 aliphatic heterocycles. The fourth-order valence-electron chi connectivity index (χ4n) is 4.45. The first kappa shape index (κ1) is 17.4. The molecule has 0 aliphatic rings. The van der Waals surface area contributed by atoms with Gasteiger partial charge in [-0.15, -0.1) is 0 Å². The number of imidazole rings is 1. The first-order valence-electron chi connectivity index (χ1n) is 10.2. The number of pyridine rings is 1. The summed E-state index contributed by atoms with van der Waals surface area (Å²) in [4.78, 5) is 5.00. The Morgan fingerprint density at radius 2 is 1.26 bits per heavy atom. The van der Waals surface area contributed by atoms with Crippen LogP contribution >= 0.6 is 0 Å². The molecule has 0 spiro atoms. The Kier molecular flexibility index (Phi) is 3.84. The molecule has 31 heavy (non-hydrogen) atoms. The van der Waals surface area contributed by atoms with E-state index in [1.807, 2.05) is 36.4 Å². The van der Waals surface area contributed by atoms with E-state index in [2.05, 4.69) is 77.2 Å². The van der Waals surface area contributed by atoms with Gasteiger partial charge in [0.05, 0.1) is 28.4 Å². The zero-order valence-corrected chi connectivity index (χ0v) is 16.7. The van der Waals surface area contributed by atoms with Crippen molar-refractivity contribution in [3.05, 3.63) is 109 Å². The lowest BCUT2D eigenvalue weighted by molar-refractivity contribution is 1.30. The lowest BCUT2D eigenvalue weighted by atomic mass is 9.95. The summed E-state index contributed by atoms with van der Waals surface area (Å²) in [5, 5.41) is 9.20. The first-order chi connectivity index (χ1) is 15.3. The lowest BCUT2D eigenvalue weighted by Crippen LogP contribution is -1.85. The SMILES string of the molecule is N#Cc1ccc(-c2nc3cccc4c(-c5ccccc5)c(-c5ccccc5)c2n34)cc1. The Bertz CT molecular complexity index is 1550. The van der Waals surface area contributed by atoms with Crippen LogP contribution < -0.4 is 0 Å². The quantitative estimate of drug-likeness (QED) is 0.331. The molecule has 0 unspecified atom stereocenters. The van der Waals surface area contributed by atoms with Crippen LogP contribution in [0.25, 0.3) is 50.2 Å². The van der Waals surface area contributed by atoms with Gasteiger partial charge in [0.15, 0.2) is 0 Å². The van der Waals surface area contributed by atoms with Crippen molar-refractivity contribution >= 4 is 16.7 Å². The van der Waals surface area contributed by atoms with E-state index >= 15 is 0 Å². The maximum absolute atomic E-state index is 9.20. The van der Waals surface area contributed by atoms with Crippen molar-refractivity contribution in [3.63, 3.8) is 0 Å². The Labute approximate surface area is 179 Å². The number of rotatable bonds is 3. The molecule has 0 amide bonds. The van der Waals surface area contributed by atoms with Crippen molar-refractivity contribution in [2.75, 3.05) is 0 Å². The van der Waals surface area contributed by atoms with Gasteiger partial charge in [-0.05, 0) is 35.4 Å². The van der Waals surface area contributed by atoms with E-state index in [0.29, 0.717) is 5.56 Å². The van der Waals surface area contributed by atoms with Gasteiger partial charge in [0.1, 0.15) is 5.65 Å². The lowest BCUT2D eigenvalue weighted by Gasteiger charge is -2.08. The molecule has 3 heteroatoms. The van der Waals surface area contributed by atoms with Crippen molar-refractivity contribution in [1.82, 2.24) is 9.38 Å². The molecule has 6 rings (SSSR count). The largest absolute Gasteiger partial charge is 0.291 e. The Morgan fingerprint density at radius 3 is 1.90 bits per heavy atom. The van der Waals surface area contributed by atoms with E-state index in [9.17, 15) is 5.26 Å². The molecule has 0 aliphatic carbocycles. The molecule has 3 aromatic heterocycles. The van der Waals surface area contributed by atoms with Gasteiger partial charge in [-0.3, -0.25) is 4.40 Å². The maximum atomic E-state index is 9.20. The summed E-state index contributed by atoms with van der Waals surface area (Å²) in [5.74, 6) is 0. The summed E-state index contributed by atoms with van der Waals surface area (Å²) in [6, 6.07) is 37.2. The molecular formula is C28H17N3. The average molecular weight is 395 g/mol. The third-order valence-corrected chi connectivity index (χ3v) is 5.80. The molecule has 0 fully saturated rings. The number of nitriles is 1. The average Bonchev–Trinajstić information content (AvgIpc) is 3.40. The molecule has 0 radical (unpaired) electrons. The normalized spacial score (nSPS) is 11.2. The van der Waals surface area contributed by atoms with Crippen LogP contribution in [0.3, 0.4) is 0 Å². The van der Waals surface area contributed by atoms with Gasteiger partial charge in [0, 0.05) is 16.7 Å². The molecule has 6 aromatic rings. The number of hydrogen-bond donors (Lipinski definition) is 0. The van der Waals surface area contributed by atoms with Crippen LogP contribution in [0.15, 0.2) is 103 Å². The van der Waals surface area contributed by atoms with Gasteiger partial charge >= 0.3 is 0 Å². The second-order valence-electron chi connectivity index (χ2n) is 7.58. The van der Waals surface area contributed by atoms with E-state index in [1.54, 1.807) is 0 Å². The van der Waals surface area contributed by atoms with E-state index < -0.39 is 0 Å². The molecule has 3 nitrogen and oxygen atoms in total. The van der Waals surface area contributed by atoms with Crippen molar-refractivity contribution in [3.8, 4) is 39.6 Å². The second-order valence-corrected chi connectivity index (χ2v) is 7.58. The second kappa shape index (κ2) is 6.83. The first-order valence-corrected chi connectivity index (χ1v) is 10.2. The van der Waals surface area contributed by atoms with Gasteiger partial charge in [-0.1, -0.05) is 78.9 Å². The molecule has 0 saturated carbocycles. The summed E-state index contributed by atoms with van der Waals surface area (Å²) < 4.78 is 2.26. The zero-order valence-electron chi connectivity index (χ0n) is 16.7. The zero-order chi connectivity index (χ0) is 20.8. The molecule has 3 aromatic carbocycles. The molecule has 0 atom stereocenters. The topological polar surface area (TPSA) is 41.1 Å². The maximum Gasteiger partial charge on any atom is 0.138 e. The molecule has 3 heterocycles. The summed E-state index contributed by atoms with van der Waals surface area (Å²) in [6.45, 7) is 0. The molecule has 0 saturated heterocycles. The van der Waals surface area contributed by atoms with Crippen LogP contribution in [0.4, 0.5) is 0 Å². The highest BCUT2D eigenvalue weighted by Gasteiger charge is 2.24. The van der Waals surface area contributed by atoms with Gasteiger partial charge in [0.2, 0.25) is 0 Å². The van der Waals surface area contributed by atoms with Crippen molar-refractivity contribution in [2.24, 2.45) is 0 Å². The van der Waals surface area contributed by atoms with Crippen molar-refractivity contribution < 1.29 is 0 Å². The Hall–Kier alpha value is -4.42. The number of nitrogens with zero attached hydrogens (tertiary/aromatic N) is 3. The van der Waals surface area contributed by atoms with Gasteiger partial charge in [-0.2, -0.15) is 5.26 Å². The number of aromatic nitrogens is 2. The number of benzene rings is 3. The van der Waals surface area contributed by atoms with E-state index in [1.165, 1.54) is 16.7 Å². The predicted octanol–water partition coefficient (Wildman–Crippen LogP) is 6.80. The summed E-state index contributed by atoms with van der Waals surface area (Å²) in [6.07, 6.45) is 0. The minimum absolute atomic E-state index is 0.647. The fourth-order valence-corrected chi connectivity index (χ4v) is 4.45. The summed E-state index contributed by atoms with van der Waals surface area (Å²) in [5.41, 5.74) is 10.5. The third-order valence-electron chi connectivity index (χ3n) is 5.80. The summed E-state index contributed by atoms with van der Waals surface area (Å²) in [7, 11) is 0. The van der Waals surface area contributed by atoms with Crippen molar-refractivity contribution in [2.45, 2.75) is 0 Å².